The van der Waals surface area contributed by atoms with Crippen LogP contribution in [-0.4, -0.2) is 45.8 Å². The molecule has 0 bridgehead atoms. The third kappa shape index (κ3) is 5.54. The normalized spacial score (nSPS) is 22.2. The number of esters is 1. The van der Waals surface area contributed by atoms with Crippen molar-refractivity contribution in [1.29, 1.82) is 0 Å². The number of hydrazone groups is 1. The second-order valence-electron chi connectivity index (χ2n) is 7.94. The van der Waals surface area contributed by atoms with Gasteiger partial charge in [-0.2, -0.15) is 5.10 Å². The minimum Gasteiger partial charge on any atom is -0.480 e. The Balaban J connectivity index is 2.09. The number of aliphatic carboxylic acids is 1. The van der Waals surface area contributed by atoms with Crippen molar-refractivity contribution in [2.75, 3.05) is 0 Å². The molecule has 7 heteroatoms. The fraction of sp³-hybridized carbons (Fsp3) is 0.778. The van der Waals surface area contributed by atoms with Crippen LogP contribution in [0.4, 0.5) is 0 Å². The van der Waals surface area contributed by atoms with Gasteiger partial charge >= 0.3 is 11.9 Å². The molecule has 1 aliphatic carbocycles. The number of carboxylic acids is 1. The number of carboxylic acid groups (broad SMARTS) is 1. The molecule has 1 amide bonds. The predicted molar refractivity (Wildman–Crippen MR) is 91.9 cm³/mol. The van der Waals surface area contributed by atoms with Gasteiger partial charge in [0.1, 0.15) is 5.60 Å². The van der Waals surface area contributed by atoms with Crippen LogP contribution in [0.3, 0.4) is 0 Å². The second kappa shape index (κ2) is 7.97. The Labute approximate surface area is 148 Å². The van der Waals surface area contributed by atoms with E-state index >= 15 is 0 Å². The van der Waals surface area contributed by atoms with E-state index in [-0.39, 0.29) is 18.7 Å². The zero-order chi connectivity index (χ0) is 18.6. The van der Waals surface area contributed by atoms with Crippen molar-refractivity contribution in [3.63, 3.8) is 0 Å². The first-order chi connectivity index (χ1) is 11.7. The molecular weight excluding hydrogens is 324 g/mol. The molecule has 1 unspecified atom stereocenters. The van der Waals surface area contributed by atoms with Crippen LogP contribution in [0.2, 0.25) is 0 Å². The topological polar surface area (TPSA) is 96.3 Å². The van der Waals surface area contributed by atoms with Crippen LogP contribution in [-0.2, 0) is 19.1 Å². The number of carbonyl (C=O) groups is 3. The van der Waals surface area contributed by atoms with Gasteiger partial charge in [-0.15, -0.1) is 0 Å². The number of rotatable bonds is 6. The van der Waals surface area contributed by atoms with Crippen LogP contribution in [0.5, 0.6) is 0 Å². The maximum atomic E-state index is 12.9. The van der Waals surface area contributed by atoms with Gasteiger partial charge in [0.25, 0.3) is 0 Å². The van der Waals surface area contributed by atoms with E-state index < -0.39 is 29.5 Å². The van der Waals surface area contributed by atoms with E-state index in [1.54, 1.807) is 20.8 Å². The molecule has 140 valence electrons. The van der Waals surface area contributed by atoms with Crippen molar-refractivity contribution in [3.05, 3.63) is 0 Å². The van der Waals surface area contributed by atoms with Gasteiger partial charge in [-0.25, -0.2) is 9.80 Å². The molecule has 1 N–H and O–H groups in total. The van der Waals surface area contributed by atoms with E-state index in [1.807, 2.05) is 0 Å². The van der Waals surface area contributed by atoms with Gasteiger partial charge in [0, 0.05) is 12.6 Å². The average Bonchev–Trinajstić information content (AvgIpc) is 3.14. The van der Waals surface area contributed by atoms with Crippen LogP contribution in [0.25, 0.3) is 0 Å². The standard InChI is InChI=1S/C18H28N2O5/c1-18(2,3)25-15(21)11-13(10-12-6-4-5-7-12)16(22)20-14(17(23)24)8-9-19-20/h9,12-14H,4-8,10-11H2,1-3H3,(H,23,24)/t13-,14?/m1/s1. The predicted octanol–water partition coefficient (Wildman–Crippen LogP) is 2.59. The summed E-state index contributed by atoms with van der Waals surface area (Å²) in [6.45, 7) is 5.35. The van der Waals surface area contributed by atoms with E-state index in [4.69, 9.17) is 4.74 Å². The minimum atomic E-state index is -1.08. The van der Waals surface area contributed by atoms with Gasteiger partial charge in [0.15, 0.2) is 6.04 Å². The molecule has 0 saturated heterocycles. The molecule has 1 fully saturated rings. The monoisotopic (exact) mass is 352 g/mol. The van der Waals surface area contributed by atoms with Crippen molar-refractivity contribution < 1.29 is 24.2 Å². The lowest BCUT2D eigenvalue weighted by molar-refractivity contribution is -0.160. The molecule has 0 aromatic heterocycles. The first-order valence-corrected chi connectivity index (χ1v) is 8.97. The summed E-state index contributed by atoms with van der Waals surface area (Å²) in [5.41, 5.74) is -0.618. The maximum absolute atomic E-state index is 12.9. The lowest BCUT2D eigenvalue weighted by Crippen LogP contribution is -2.42. The Hall–Kier alpha value is -1.92. The molecule has 7 nitrogen and oxygen atoms in total. The number of carbonyl (C=O) groups excluding carboxylic acids is 2. The Morgan fingerprint density at radius 3 is 2.48 bits per heavy atom. The largest absolute Gasteiger partial charge is 0.480 e. The molecule has 0 aromatic rings. The van der Waals surface area contributed by atoms with E-state index in [1.165, 1.54) is 6.21 Å². The Bertz CT molecular complexity index is 546. The molecule has 1 aliphatic heterocycles. The molecule has 25 heavy (non-hydrogen) atoms. The molecular formula is C18H28N2O5. The van der Waals surface area contributed by atoms with Crippen LogP contribution in [0.15, 0.2) is 5.10 Å². The number of hydrogen-bond acceptors (Lipinski definition) is 5. The summed E-state index contributed by atoms with van der Waals surface area (Å²) < 4.78 is 5.36. The summed E-state index contributed by atoms with van der Waals surface area (Å²) in [5, 5.41) is 14.2. The van der Waals surface area contributed by atoms with Gasteiger partial charge in [-0.3, -0.25) is 9.59 Å². The van der Waals surface area contributed by atoms with E-state index in [9.17, 15) is 19.5 Å². The molecule has 2 rings (SSSR count). The third-order valence-electron chi connectivity index (χ3n) is 4.62. The highest BCUT2D eigenvalue weighted by Crippen LogP contribution is 2.33. The molecule has 1 heterocycles. The SMILES string of the molecule is CC(C)(C)OC(=O)C[C@@H](CC1CCCC1)C(=O)N1N=CCC1C(=O)O. The zero-order valence-corrected chi connectivity index (χ0v) is 15.2. The molecule has 1 saturated carbocycles. The Kier molecular flexibility index (Phi) is 6.19. The van der Waals surface area contributed by atoms with Gasteiger partial charge in [-0.1, -0.05) is 25.7 Å². The fourth-order valence-corrected chi connectivity index (χ4v) is 3.52. The van der Waals surface area contributed by atoms with Gasteiger partial charge in [-0.05, 0) is 33.1 Å². The van der Waals surface area contributed by atoms with Crippen molar-refractivity contribution in [2.24, 2.45) is 16.9 Å². The highest BCUT2D eigenvalue weighted by Gasteiger charge is 2.38. The van der Waals surface area contributed by atoms with Gasteiger partial charge < -0.3 is 9.84 Å². The Morgan fingerprint density at radius 1 is 1.28 bits per heavy atom. The van der Waals surface area contributed by atoms with Crippen molar-refractivity contribution in [1.82, 2.24) is 5.01 Å². The maximum Gasteiger partial charge on any atom is 0.329 e. The van der Waals surface area contributed by atoms with Crippen LogP contribution in [0, 0.1) is 11.8 Å². The van der Waals surface area contributed by atoms with Crippen LogP contribution >= 0.6 is 0 Å². The molecule has 2 aliphatic rings. The van der Waals surface area contributed by atoms with Crippen LogP contribution in [0.1, 0.15) is 65.7 Å². The van der Waals surface area contributed by atoms with Crippen molar-refractivity contribution in [2.45, 2.75) is 77.4 Å². The summed E-state index contributed by atoms with van der Waals surface area (Å²) in [5.74, 6) is -2.10. The number of nitrogens with zero attached hydrogens (tertiary/aromatic N) is 2. The molecule has 0 radical (unpaired) electrons. The summed E-state index contributed by atoms with van der Waals surface area (Å²) in [6, 6.07) is -0.975. The summed E-state index contributed by atoms with van der Waals surface area (Å²) in [4.78, 5) is 36.4. The molecule has 2 atom stereocenters. The highest BCUT2D eigenvalue weighted by atomic mass is 16.6. The second-order valence-corrected chi connectivity index (χ2v) is 7.94. The summed E-state index contributed by atoms with van der Waals surface area (Å²) in [7, 11) is 0. The summed E-state index contributed by atoms with van der Waals surface area (Å²) in [6.07, 6.45) is 6.55. The van der Waals surface area contributed by atoms with E-state index in [0.29, 0.717) is 12.3 Å². The number of hydrogen-bond donors (Lipinski definition) is 1. The van der Waals surface area contributed by atoms with E-state index in [2.05, 4.69) is 5.10 Å². The fourth-order valence-electron chi connectivity index (χ4n) is 3.52. The third-order valence-corrected chi connectivity index (χ3v) is 4.62. The Morgan fingerprint density at radius 2 is 1.92 bits per heavy atom. The minimum absolute atomic E-state index is 0.0367. The highest BCUT2D eigenvalue weighted by molar-refractivity contribution is 5.91. The van der Waals surface area contributed by atoms with Crippen LogP contribution < -0.4 is 0 Å². The molecule has 0 spiro atoms. The summed E-state index contributed by atoms with van der Waals surface area (Å²) >= 11 is 0. The molecule has 0 aromatic carbocycles. The number of ether oxygens (including phenoxy) is 1. The lowest BCUT2D eigenvalue weighted by atomic mass is 9.89. The quantitative estimate of drug-likeness (QED) is 0.741. The smallest absolute Gasteiger partial charge is 0.329 e. The van der Waals surface area contributed by atoms with Crippen molar-refractivity contribution in [3.8, 4) is 0 Å². The lowest BCUT2D eigenvalue weighted by Gasteiger charge is -2.27. The first kappa shape index (κ1) is 19.4. The number of amides is 1. The van der Waals surface area contributed by atoms with Gasteiger partial charge in [0.05, 0.1) is 12.3 Å². The zero-order valence-electron chi connectivity index (χ0n) is 15.2. The first-order valence-electron chi connectivity index (χ1n) is 8.97. The van der Waals surface area contributed by atoms with Gasteiger partial charge in [0.2, 0.25) is 5.91 Å². The average molecular weight is 352 g/mol. The van der Waals surface area contributed by atoms with E-state index in [0.717, 1.165) is 30.7 Å². The van der Waals surface area contributed by atoms with Crippen molar-refractivity contribution >= 4 is 24.1 Å².